The molecule has 1 amide bonds. The predicted octanol–water partition coefficient (Wildman–Crippen LogP) is 2.54. The second kappa shape index (κ2) is 6.34. The highest BCUT2D eigenvalue weighted by Gasteiger charge is 2.28. The average Bonchev–Trinajstić information content (AvgIpc) is 2.96. The number of likely N-dealkylation sites (tertiary alicyclic amines) is 1. The summed E-state index contributed by atoms with van der Waals surface area (Å²) in [5.74, 6) is -0.814. The third-order valence-corrected chi connectivity index (χ3v) is 4.14. The van der Waals surface area contributed by atoms with Crippen LogP contribution in [0, 0.1) is 0 Å². The molecular formula is C17H22N4O4. The molecule has 1 aliphatic heterocycles. The van der Waals surface area contributed by atoms with E-state index in [0.29, 0.717) is 18.7 Å². The second-order valence-electron chi connectivity index (χ2n) is 7.26. The molecule has 134 valence electrons. The van der Waals surface area contributed by atoms with E-state index in [-0.39, 0.29) is 17.6 Å². The summed E-state index contributed by atoms with van der Waals surface area (Å²) in [7, 11) is 0. The fourth-order valence-corrected chi connectivity index (χ4v) is 2.89. The van der Waals surface area contributed by atoms with Gasteiger partial charge in [-0.1, -0.05) is 0 Å². The van der Waals surface area contributed by atoms with Crippen molar-refractivity contribution < 1.29 is 19.4 Å². The quantitative estimate of drug-likeness (QED) is 0.897. The van der Waals surface area contributed by atoms with Crippen LogP contribution in [-0.4, -0.2) is 55.4 Å². The minimum Gasteiger partial charge on any atom is -0.478 e. The van der Waals surface area contributed by atoms with Crippen LogP contribution in [0.15, 0.2) is 18.5 Å². The predicted molar refractivity (Wildman–Crippen MR) is 89.7 cm³/mol. The van der Waals surface area contributed by atoms with Gasteiger partial charge in [0, 0.05) is 37.5 Å². The maximum Gasteiger partial charge on any atom is 0.410 e. The SMILES string of the molecule is CC(C)(C)OC(=O)N1CCC(c2cc3ncc(C(=O)O)cn3n2)CC1. The number of fused-ring (bicyclic) bond motifs is 1. The molecule has 0 radical (unpaired) electrons. The highest BCUT2D eigenvalue weighted by Crippen LogP contribution is 2.28. The number of hydrogen-bond donors (Lipinski definition) is 1. The van der Waals surface area contributed by atoms with Gasteiger partial charge in [-0.15, -0.1) is 0 Å². The molecule has 0 unspecified atom stereocenters. The summed E-state index contributed by atoms with van der Waals surface area (Å²) in [6, 6.07) is 1.87. The van der Waals surface area contributed by atoms with Crippen LogP contribution in [0.3, 0.4) is 0 Å². The molecule has 1 saturated heterocycles. The lowest BCUT2D eigenvalue weighted by atomic mass is 9.94. The monoisotopic (exact) mass is 346 g/mol. The highest BCUT2D eigenvalue weighted by molar-refractivity contribution is 5.87. The summed E-state index contributed by atoms with van der Waals surface area (Å²) >= 11 is 0. The molecular weight excluding hydrogens is 324 g/mol. The first-order chi connectivity index (χ1) is 11.7. The summed E-state index contributed by atoms with van der Waals surface area (Å²) in [6.07, 6.45) is 4.08. The van der Waals surface area contributed by atoms with E-state index in [9.17, 15) is 9.59 Å². The number of piperidine rings is 1. The van der Waals surface area contributed by atoms with Crippen molar-refractivity contribution in [1.82, 2.24) is 19.5 Å². The molecule has 8 nitrogen and oxygen atoms in total. The zero-order valence-electron chi connectivity index (χ0n) is 14.6. The Hall–Kier alpha value is -2.64. The van der Waals surface area contributed by atoms with Gasteiger partial charge in [0.25, 0.3) is 0 Å². The Kier molecular flexibility index (Phi) is 4.36. The fraction of sp³-hybridized carbons (Fsp3) is 0.529. The van der Waals surface area contributed by atoms with Gasteiger partial charge in [-0.2, -0.15) is 5.10 Å². The number of carbonyl (C=O) groups is 2. The van der Waals surface area contributed by atoms with Crippen LogP contribution in [0.4, 0.5) is 4.79 Å². The zero-order chi connectivity index (χ0) is 18.2. The van der Waals surface area contributed by atoms with Crippen LogP contribution < -0.4 is 0 Å². The number of amides is 1. The maximum atomic E-state index is 12.1. The smallest absolute Gasteiger partial charge is 0.410 e. The van der Waals surface area contributed by atoms with E-state index in [0.717, 1.165) is 18.5 Å². The van der Waals surface area contributed by atoms with E-state index in [1.54, 1.807) is 4.90 Å². The molecule has 0 bridgehead atoms. The van der Waals surface area contributed by atoms with Gasteiger partial charge >= 0.3 is 12.1 Å². The van der Waals surface area contributed by atoms with Gasteiger partial charge in [-0.25, -0.2) is 19.1 Å². The van der Waals surface area contributed by atoms with Crippen molar-refractivity contribution in [1.29, 1.82) is 0 Å². The Bertz CT molecular complexity index is 801. The van der Waals surface area contributed by atoms with E-state index in [4.69, 9.17) is 9.84 Å². The van der Waals surface area contributed by atoms with Crippen molar-refractivity contribution >= 4 is 17.7 Å². The number of ether oxygens (including phenoxy) is 1. The fourth-order valence-electron chi connectivity index (χ4n) is 2.89. The topological polar surface area (TPSA) is 97.0 Å². The molecule has 0 spiro atoms. The molecule has 8 heteroatoms. The molecule has 25 heavy (non-hydrogen) atoms. The molecule has 2 aromatic rings. The van der Waals surface area contributed by atoms with E-state index < -0.39 is 11.6 Å². The van der Waals surface area contributed by atoms with Crippen LogP contribution in [0.2, 0.25) is 0 Å². The first-order valence-electron chi connectivity index (χ1n) is 8.29. The first-order valence-corrected chi connectivity index (χ1v) is 8.29. The summed E-state index contributed by atoms with van der Waals surface area (Å²) in [4.78, 5) is 29.0. The van der Waals surface area contributed by atoms with Crippen molar-refractivity contribution in [3.63, 3.8) is 0 Å². The van der Waals surface area contributed by atoms with Gasteiger partial charge in [-0.3, -0.25) is 0 Å². The first kappa shape index (κ1) is 17.2. The molecule has 1 N–H and O–H groups in total. The molecule has 3 rings (SSSR count). The van der Waals surface area contributed by atoms with Crippen LogP contribution >= 0.6 is 0 Å². The van der Waals surface area contributed by atoms with Crippen LogP contribution in [0.1, 0.15) is 55.6 Å². The van der Waals surface area contributed by atoms with E-state index in [1.807, 2.05) is 26.8 Å². The Morgan fingerprint density at radius 3 is 2.56 bits per heavy atom. The Morgan fingerprint density at radius 2 is 1.96 bits per heavy atom. The lowest BCUT2D eigenvalue weighted by Gasteiger charge is -2.32. The van der Waals surface area contributed by atoms with E-state index >= 15 is 0 Å². The number of rotatable bonds is 2. The number of carboxylic acid groups (broad SMARTS) is 1. The number of nitrogens with zero attached hydrogens (tertiary/aromatic N) is 4. The Labute approximate surface area is 145 Å². The lowest BCUT2D eigenvalue weighted by molar-refractivity contribution is 0.0204. The lowest BCUT2D eigenvalue weighted by Crippen LogP contribution is -2.41. The third kappa shape index (κ3) is 3.89. The number of aromatic carboxylic acids is 1. The molecule has 0 aromatic carbocycles. The minimum atomic E-state index is -1.03. The van der Waals surface area contributed by atoms with Gasteiger partial charge in [0.15, 0.2) is 5.65 Å². The molecule has 1 fully saturated rings. The molecule has 3 heterocycles. The van der Waals surface area contributed by atoms with E-state index in [2.05, 4.69) is 10.1 Å². The van der Waals surface area contributed by atoms with Gasteiger partial charge < -0.3 is 14.7 Å². The van der Waals surface area contributed by atoms with Gasteiger partial charge in [0.2, 0.25) is 0 Å². The Morgan fingerprint density at radius 1 is 1.28 bits per heavy atom. The summed E-state index contributed by atoms with van der Waals surface area (Å²) in [6.45, 7) is 6.79. The summed E-state index contributed by atoms with van der Waals surface area (Å²) in [5, 5.41) is 13.5. The largest absolute Gasteiger partial charge is 0.478 e. The van der Waals surface area contributed by atoms with Crippen molar-refractivity contribution in [3.8, 4) is 0 Å². The standard InChI is InChI=1S/C17H22N4O4/c1-17(2,3)25-16(24)20-6-4-11(5-7-20)13-8-14-18-9-12(15(22)23)10-21(14)19-13/h8-11H,4-7H2,1-3H3,(H,22,23). The van der Waals surface area contributed by atoms with Crippen molar-refractivity contribution in [2.24, 2.45) is 0 Å². The normalized spacial score (nSPS) is 16.2. The zero-order valence-corrected chi connectivity index (χ0v) is 14.6. The number of carboxylic acids is 1. The molecule has 0 atom stereocenters. The number of hydrogen-bond acceptors (Lipinski definition) is 5. The summed E-state index contributed by atoms with van der Waals surface area (Å²) in [5.41, 5.74) is 1.10. The molecule has 0 saturated carbocycles. The number of carbonyl (C=O) groups excluding carboxylic acids is 1. The third-order valence-electron chi connectivity index (χ3n) is 4.14. The van der Waals surface area contributed by atoms with Gasteiger partial charge in [0.05, 0.1) is 11.3 Å². The van der Waals surface area contributed by atoms with Crippen LogP contribution in [-0.2, 0) is 4.74 Å². The highest BCUT2D eigenvalue weighted by atomic mass is 16.6. The second-order valence-corrected chi connectivity index (χ2v) is 7.26. The average molecular weight is 346 g/mol. The van der Waals surface area contributed by atoms with Gasteiger partial charge in [-0.05, 0) is 33.6 Å². The van der Waals surface area contributed by atoms with Gasteiger partial charge in [0.1, 0.15) is 5.60 Å². The van der Waals surface area contributed by atoms with Crippen LogP contribution in [0.25, 0.3) is 5.65 Å². The minimum absolute atomic E-state index is 0.0990. The van der Waals surface area contributed by atoms with Crippen molar-refractivity contribution in [2.75, 3.05) is 13.1 Å². The van der Waals surface area contributed by atoms with Crippen molar-refractivity contribution in [2.45, 2.75) is 45.1 Å². The maximum absolute atomic E-state index is 12.1. The number of aromatic nitrogens is 3. The Balaban J connectivity index is 1.67. The summed E-state index contributed by atoms with van der Waals surface area (Å²) < 4.78 is 6.90. The van der Waals surface area contributed by atoms with E-state index in [1.165, 1.54) is 16.9 Å². The molecule has 2 aromatic heterocycles. The molecule has 1 aliphatic rings. The van der Waals surface area contributed by atoms with Crippen LogP contribution in [0.5, 0.6) is 0 Å². The molecule has 0 aliphatic carbocycles. The van der Waals surface area contributed by atoms with Crippen molar-refractivity contribution in [3.05, 3.63) is 29.7 Å².